The minimum absolute atomic E-state index is 0.0925. The molecule has 0 fully saturated rings. The van der Waals surface area contributed by atoms with Crippen molar-refractivity contribution in [3.8, 4) is 0 Å². The van der Waals surface area contributed by atoms with E-state index in [-0.39, 0.29) is 37.5 Å². The van der Waals surface area contributed by atoms with Crippen molar-refractivity contribution < 1.29 is 28.6 Å². The molecule has 0 aliphatic rings. The smallest absolute Gasteiger partial charge is 0.306 e. The molecule has 1 atom stereocenters. The summed E-state index contributed by atoms with van der Waals surface area (Å²) in [6.45, 7) is 6.48. The number of unbranched alkanes of at least 4 members (excludes halogenated alkanes) is 28. The lowest BCUT2D eigenvalue weighted by Gasteiger charge is -2.18. The molecule has 0 saturated heterocycles. The molecule has 0 aromatic heterocycles. The van der Waals surface area contributed by atoms with Crippen LogP contribution in [-0.4, -0.2) is 37.2 Å². The van der Waals surface area contributed by atoms with Crippen molar-refractivity contribution in [1.29, 1.82) is 0 Å². The van der Waals surface area contributed by atoms with E-state index in [2.05, 4.69) is 93.7 Å². The van der Waals surface area contributed by atoms with Gasteiger partial charge in [-0.2, -0.15) is 0 Å². The Kier molecular flexibility index (Phi) is 52.8. The van der Waals surface area contributed by atoms with Crippen LogP contribution in [0, 0.1) is 0 Å². The Hall–Kier alpha value is -3.15. The van der Waals surface area contributed by atoms with Gasteiger partial charge in [0, 0.05) is 19.3 Å². The zero-order valence-electron chi connectivity index (χ0n) is 44.2. The van der Waals surface area contributed by atoms with Gasteiger partial charge in [-0.3, -0.25) is 14.4 Å². The zero-order chi connectivity index (χ0) is 48.6. The molecule has 6 heteroatoms. The molecule has 0 unspecified atom stereocenters. The molecule has 0 spiro atoms. The number of hydrogen-bond acceptors (Lipinski definition) is 6. The van der Waals surface area contributed by atoms with Crippen molar-refractivity contribution in [2.75, 3.05) is 13.2 Å². The second-order valence-corrected chi connectivity index (χ2v) is 18.8. The van der Waals surface area contributed by atoms with E-state index >= 15 is 0 Å². The van der Waals surface area contributed by atoms with E-state index in [1.807, 2.05) is 0 Å². The van der Waals surface area contributed by atoms with E-state index in [0.717, 1.165) is 89.9 Å². The molecule has 0 aromatic rings. The van der Waals surface area contributed by atoms with Crippen LogP contribution in [0.4, 0.5) is 0 Å². The Balaban J connectivity index is 4.42. The van der Waals surface area contributed by atoms with Crippen LogP contribution in [0.5, 0.6) is 0 Å². The van der Waals surface area contributed by atoms with Crippen LogP contribution in [0.15, 0.2) is 72.9 Å². The molecule has 0 N–H and O–H groups in total. The topological polar surface area (TPSA) is 78.9 Å². The highest BCUT2D eigenvalue weighted by Gasteiger charge is 2.19. The summed E-state index contributed by atoms with van der Waals surface area (Å²) >= 11 is 0. The lowest BCUT2D eigenvalue weighted by atomic mass is 10.0. The average molecular weight is 936 g/mol. The third-order valence-electron chi connectivity index (χ3n) is 12.2. The lowest BCUT2D eigenvalue weighted by Crippen LogP contribution is -2.30. The average Bonchev–Trinajstić information content (AvgIpc) is 3.33. The third-order valence-corrected chi connectivity index (χ3v) is 12.2. The maximum Gasteiger partial charge on any atom is 0.306 e. The Morgan fingerprint density at radius 1 is 0.313 bits per heavy atom. The van der Waals surface area contributed by atoms with Gasteiger partial charge in [-0.15, -0.1) is 0 Å². The fourth-order valence-corrected chi connectivity index (χ4v) is 7.93. The maximum absolute atomic E-state index is 12.8. The molecule has 0 radical (unpaired) electrons. The van der Waals surface area contributed by atoms with Crippen LogP contribution in [0.3, 0.4) is 0 Å². The molecule has 0 bridgehead atoms. The van der Waals surface area contributed by atoms with Gasteiger partial charge >= 0.3 is 17.9 Å². The highest BCUT2D eigenvalue weighted by Crippen LogP contribution is 2.16. The molecular formula is C61H106O6. The van der Waals surface area contributed by atoms with E-state index in [1.54, 1.807) is 0 Å². The molecule has 0 heterocycles. The molecule has 6 nitrogen and oxygen atoms in total. The van der Waals surface area contributed by atoms with Gasteiger partial charge in [0.2, 0.25) is 0 Å². The molecule has 386 valence electrons. The molecule has 0 rings (SSSR count). The minimum Gasteiger partial charge on any atom is -0.462 e. The van der Waals surface area contributed by atoms with Crippen LogP contribution < -0.4 is 0 Å². The Labute approximate surface area is 414 Å². The molecule has 0 saturated carbocycles. The zero-order valence-corrected chi connectivity index (χ0v) is 44.2. The van der Waals surface area contributed by atoms with Crippen LogP contribution in [0.25, 0.3) is 0 Å². The number of ether oxygens (including phenoxy) is 3. The van der Waals surface area contributed by atoms with Crippen molar-refractivity contribution in [1.82, 2.24) is 0 Å². The SMILES string of the molecule is CC/C=C\C/C=C\C/C=C\C/C=C\CCCCC(=O)O[C@H](COC(=O)CCCCCCCCC/C=C\C/C=C\CCCCC)COC(=O)CCCCCCCCCCCCCCCCCCC. The van der Waals surface area contributed by atoms with Crippen molar-refractivity contribution in [2.24, 2.45) is 0 Å². The van der Waals surface area contributed by atoms with Crippen molar-refractivity contribution in [2.45, 2.75) is 284 Å². The molecular weight excluding hydrogens is 829 g/mol. The Morgan fingerprint density at radius 3 is 0.970 bits per heavy atom. The molecule has 0 aliphatic heterocycles. The van der Waals surface area contributed by atoms with E-state index in [4.69, 9.17) is 14.2 Å². The van der Waals surface area contributed by atoms with Crippen molar-refractivity contribution >= 4 is 17.9 Å². The summed E-state index contributed by atoms with van der Waals surface area (Å²) < 4.78 is 16.8. The van der Waals surface area contributed by atoms with Crippen LogP contribution in [0.1, 0.15) is 278 Å². The first-order chi connectivity index (χ1) is 33.0. The second kappa shape index (κ2) is 55.4. The highest BCUT2D eigenvalue weighted by atomic mass is 16.6. The monoisotopic (exact) mass is 935 g/mol. The minimum atomic E-state index is -0.799. The Bertz CT molecular complexity index is 1260. The van der Waals surface area contributed by atoms with Gasteiger partial charge in [-0.05, 0) is 89.9 Å². The first-order valence-corrected chi connectivity index (χ1v) is 28.4. The van der Waals surface area contributed by atoms with Gasteiger partial charge in [-0.25, -0.2) is 0 Å². The quantitative estimate of drug-likeness (QED) is 0.0262. The number of rotatable bonds is 51. The highest BCUT2D eigenvalue weighted by molar-refractivity contribution is 5.71. The standard InChI is InChI=1S/C61H106O6/c1-4-7-10-13-16-19-22-25-28-30-33-35-38-41-44-47-50-53-59(62)65-56-58(67-61(64)55-52-49-46-43-40-37-32-27-24-21-18-15-12-9-6-3)57-66-60(63)54-51-48-45-42-39-36-34-31-29-26-23-20-17-14-11-8-5-2/h9,12,16,18-19,21,25,27-28,32,40,43,58H,4-8,10-11,13-15,17,20,22-24,26,29-31,33-39,41-42,44-57H2,1-3H3/b12-9-,19-16-,21-18-,28-25-,32-27-,43-40-/t58-/m1/s1. The summed E-state index contributed by atoms with van der Waals surface area (Å²) in [5, 5.41) is 0. The van der Waals surface area contributed by atoms with Gasteiger partial charge in [0.25, 0.3) is 0 Å². The number of allylic oxidation sites excluding steroid dienone is 12. The normalized spacial score (nSPS) is 12.6. The van der Waals surface area contributed by atoms with E-state index in [9.17, 15) is 14.4 Å². The molecule has 0 aliphatic carbocycles. The predicted octanol–water partition coefficient (Wildman–Crippen LogP) is 19.0. The fourth-order valence-electron chi connectivity index (χ4n) is 7.93. The van der Waals surface area contributed by atoms with Gasteiger partial charge in [0.15, 0.2) is 6.10 Å². The van der Waals surface area contributed by atoms with Gasteiger partial charge in [-0.1, -0.05) is 241 Å². The summed E-state index contributed by atoms with van der Waals surface area (Å²) in [6, 6.07) is 0. The van der Waals surface area contributed by atoms with E-state index in [0.29, 0.717) is 19.3 Å². The van der Waals surface area contributed by atoms with Gasteiger partial charge in [0.05, 0.1) is 0 Å². The van der Waals surface area contributed by atoms with Crippen LogP contribution in [-0.2, 0) is 28.6 Å². The summed E-state index contributed by atoms with van der Waals surface area (Å²) in [5.74, 6) is -0.934. The van der Waals surface area contributed by atoms with Crippen LogP contribution in [0.2, 0.25) is 0 Å². The van der Waals surface area contributed by atoms with Gasteiger partial charge < -0.3 is 14.2 Å². The first-order valence-electron chi connectivity index (χ1n) is 28.4. The molecule has 0 amide bonds. The van der Waals surface area contributed by atoms with Crippen molar-refractivity contribution in [3.05, 3.63) is 72.9 Å². The Morgan fingerprint density at radius 2 is 0.582 bits per heavy atom. The number of carbonyl (C=O) groups is 3. The summed E-state index contributed by atoms with van der Waals surface area (Å²) in [6.07, 6.45) is 70.3. The molecule has 0 aromatic carbocycles. The summed E-state index contributed by atoms with van der Waals surface area (Å²) in [4.78, 5) is 38.1. The summed E-state index contributed by atoms with van der Waals surface area (Å²) in [5.41, 5.74) is 0. The third kappa shape index (κ3) is 53.7. The largest absolute Gasteiger partial charge is 0.462 e. The fraction of sp³-hybridized carbons (Fsp3) is 0.754. The van der Waals surface area contributed by atoms with Crippen molar-refractivity contribution in [3.63, 3.8) is 0 Å². The predicted molar refractivity (Wildman–Crippen MR) is 288 cm³/mol. The second-order valence-electron chi connectivity index (χ2n) is 18.8. The number of esters is 3. The molecule has 67 heavy (non-hydrogen) atoms. The first kappa shape index (κ1) is 63.8. The lowest BCUT2D eigenvalue weighted by molar-refractivity contribution is -0.167. The maximum atomic E-state index is 12.8. The van der Waals surface area contributed by atoms with Crippen LogP contribution >= 0.6 is 0 Å². The summed E-state index contributed by atoms with van der Waals surface area (Å²) in [7, 11) is 0. The number of hydrogen-bond donors (Lipinski definition) is 0. The van der Waals surface area contributed by atoms with E-state index < -0.39 is 6.10 Å². The van der Waals surface area contributed by atoms with E-state index in [1.165, 1.54) is 141 Å². The number of carbonyl (C=O) groups excluding carboxylic acids is 3. The van der Waals surface area contributed by atoms with Gasteiger partial charge in [0.1, 0.15) is 13.2 Å².